The van der Waals surface area contributed by atoms with E-state index in [0.717, 1.165) is 0 Å². The molecule has 0 radical (unpaired) electrons. The molecule has 144 valence electrons. The number of Topliss-reactive ketones (excluding diaryl/α,β-unsaturated/α-hetero) is 2. The van der Waals surface area contributed by atoms with Crippen molar-refractivity contribution in [1.29, 1.82) is 0 Å². The largest absolute Gasteiger partial charge is 0.454 e. The molecule has 0 aliphatic carbocycles. The van der Waals surface area contributed by atoms with Crippen molar-refractivity contribution in [3.63, 3.8) is 0 Å². The van der Waals surface area contributed by atoms with Crippen LogP contribution in [0.1, 0.15) is 52.4 Å². The topological polar surface area (TPSA) is 110 Å². The smallest absolute Gasteiger partial charge is 0.316 e. The highest BCUT2D eigenvalue weighted by Gasteiger charge is 2.30. The standard InChI is InChI=1S/C17H23NO6S2/c1-9-15(11(3)19)10(2)18-16(9)17(21)12(4)24-14(20)7-25-13-5-6-26(22,23)8-13/h12-13,18H,5-8H2,1-4H3/t12-,13-/m0/s1. The molecule has 0 aromatic carbocycles. The van der Waals surface area contributed by atoms with Crippen LogP contribution in [0.5, 0.6) is 0 Å². The van der Waals surface area contributed by atoms with Crippen molar-refractivity contribution in [2.45, 2.75) is 45.5 Å². The Bertz CT molecular complexity index is 840. The minimum absolute atomic E-state index is 0.000755. The summed E-state index contributed by atoms with van der Waals surface area (Å²) >= 11 is 1.24. The lowest BCUT2D eigenvalue weighted by molar-refractivity contribution is -0.143. The molecule has 0 spiro atoms. The summed E-state index contributed by atoms with van der Waals surface area (Å²) < 4.78 is 28.0. The van der Waals surface area contributed by atoms with Crippen LogP contribution in [0.3, 0.4) is 0 Å². The third kappa shape index (κ3) is 4.76. The van der Waals surface area contributed by atoms with Gasteiger partial charge in [-0.1, -0.05) is 0 Å². The van der Waals surface area contributed by atoms with Crippen molar-refractivity contribution >= 4 is 39.1 Å². The number of carbonyl (C=O) groups is 3. The Labute approximate surface area is 157 Å². The first-order valence-electron chi connectivity index (χ1n) is 8.27. The number of nitrogens with one attached hydrogen (secondary N) is 1. The summed E-state index contributed by atoms with van der Waals surface area (Å²) in [6, 6.07) is 0. The molecular weight excluding hydrogens is 378 g/mol. The zero-order chi connectivity index (χ0) is 19.6. The minimum Gasteiger partial charge on any atom is -0.454 e. The Kier molecular flexibility index (Phi) is 6.33. The number of aromatic amines is 1. The van der Waals surface area contributed by atoms with Crippen molar-refractivity contribution in [3.8, 4) is 0 Å². The van der Waals surface area contributed by atoms with Gasteiger partial charge in [0.2, 0.25) is 5.78 Å². The molecule has 0 unspecified atom stereocenters. The molecule has 1 aliphatic heterocycles. The summed E-state index contributed by atoms with van der Waals surface area (Å²) in [6.07, 6.45) is -0.462. The molecule has 2 rings (SSSR count). The van der Waals surface area contributed by atoms with E-state index in [0.29, 0.717) is 23.2 Å². The van der Waals surface area contributed by atoms with E-state index >= 15 is 0 Å². The van der Waals surface area contributed by atoms with E-state index < -0.39 is 27.7 Å². The van der Waals surface area contributed by atoms with Gasteiger partial charge in [0.05, 0.1) is 23.0 Å². The number of ether oxygens (including phenoxy) is 1. The Morgan fingerprint density at radius 3 is 2.46 bits per heavy atom. The number of H-pyrrole nitrogens is 1. The highest BCUT2D eigenvalue weighted by molar-refractivity contribution is 8.02. The van der Waals surface area contributed by atoms with Crippen LogP contribution in [0.15, 0.2) is 0 Å². The van der Waals surface area contributed by atoms with E-state index in [-0.39, 0.29) is 34.0 Å². The summed E-state index contributed by atoms with van der Waals surface area (Å²) in [7, 11) is -2.99. The first kappa shape index (κ1) is 20.7. The Balaban J connectivity index is 1.94. The quantitative estimate of drug-likeness (QED) is 0.548. The lowest BCUT2D eigenvalue weighted by Crippen LogP contribution is -2.26. The molecule has 1 aromatic rings. The number of ketones is 2. The first-order valence-corrected chi connectivity index (χ1v) is 11.1. The number of sulfone groups is 1. The van der Waals surface area contributed by atoms with Crippen LogP contribution in [0.2, 0.25) is 0 Å². The predicted molar refractivity (Wildman–Crippen MR) is 99.7 cm³/mol. The lowest BCUT2D eigenvalue weighted by atomic mass is 10.0. The predicted octanol–water partition coefficient (Wildman–Crippen LogP) is 1.87. The van der Waals surface area contributed by atoms with Crippen molar-refractivity contribution in [1.82, 2.24) is 4.98 Å². The van der Waals surface area contributed by atoms with Gasteiger partial charge in [0.25, 0.3) is 0 Å². The van der Waals surface area contributed by atoms with Gasteiger partial charge in [-0.2, -0.15) is 0 Å². The molecule has 1 aromatic heterocycles. The van der Waals surface area contributed by atoms with Gasteiger partial charge in [-0.15, -0.1) is 11.8 Å². The maximum atomic E-state index is 12.5. The number of aromatic nitrogens is 1. The van der Waals surface area contributed by atoms with Crippen LogP contribution >= 0.6 is 11.8 Å². The van der Waals surface area contributed by atoms with Gasteiger partial charge in [0, 0.05) is 16.5 Å². The second kappa shape index (κ2) is 7.96. The fourth-order valence-corrected chi connectivity index (χ4v) is 6.51. The summed E-state index contributed by atoms with van der Waals surface area (Å²) in [6.45, 7) is 6.30. The molecule has 1 saturated heterocycles. The number of carbonyl (C=O) groups excluding carboxylic acids is 3. The highest BCUT2D eigenvalue weighted by atomic mass is 32.2. The lowest BCUT2D eigenvalue weighted by Gasteiger charge is -2.13. The maximum absolute atomic E-state index is 12.5. The molecule has 26 heavy (non-hydrogen) atoms. The maximum Gasteiger partial charge on any atom is 0.316 e. The van der Waals surface area contributed by atoms with Gasteiger partial charge < -0.3 is 9.72 Å². The van der Waals surface area contributed by atoms with Crippen molar-refractivity contribution in [2.24, 2.45) is 0 Å². The molecule has 2 atom stereocenters. The highest BCUT2D eigenvalue weighted by Crippen LogP contribution is 2.25. The molecule has 2 heterocycles. The SMILES string of the molecule is CC(=O)c1c(C)[nH]c(C(=O)[C@H](C)OC(=O)CS[C@H]2CCS(=O)(=O)C2)c1C. The number of esters is 1. The summed E-state index contributed by atoms with van der Waals surface area (Å²) in [5.41, 5.74) is 1.90. The van der Waals surface area contributed by atoms with E-state index in [1.54, 1.807) is 13.8 Å². The second-order valence-electron chi connectivity index (χ2n) is 6.51. The molecule has 1 N–H and O–H groups in total. The average molecular weight is 402 g/mol. The summed E-state index contributed by atoms with van der Waals surface area (Å²) in [5, 5.41) is -0.106. The van der Waals surface area contributed by atoms with Crippen molar-refractivity contribution < 1.29 is 27.5 Å². The monoisotopic (exact) mass is 401 g/mol. The van der Waals surface area contributed by atoms with Gasteiger partial charge >= 0.3 is 5.97 Å². The van der Waals surface area contributed by atoms with Crippen LogP contribution in [0.25, 0.3) is 0 Å². The molecule has 0 amide bonds. The Morgan fingerprint density at radius 2 is 1.96 bits per heavy atom. The Hall–Kier alpha value is -1.61. The molecule has 9 heteroatoms. The van der Waals surface area contributed by atoms with Crippen LogP contribution in [0.4, 0.5) is 0 Å². The number of aryl methyl sites for hydroxylation is 1. The molecule has 1 fully saturated rings. The van der Waals surface area contributed by atoms with Crippen molar-refractivity contribution in [3.05, 3.63) is 22.5 Å². The van der Waals surface area contributed by atoms with Gasteiger partial charge in [0.15, 0.2) is 21.7 Å². The van der Waals surface area contributed by atoms with E-state index in [9.17, 15) is 22.8 Å². The first-order chi connectivity index (χ1) is 12.0. The third-order valence-electron chi connectivity index (χ3n) is 4.34. The van der Waals surface area contributed by atoms with E-state index in [2.05, 4.69) is 4.98 Å². The van der Waals surface area contributed by atoms with Crippen LogP contribution < -0.4 is 0 Å². The van der Waals surface area contributed by atoms with Crippen LogP contribution in [0, 0.1) is 13.8 Å². The van der Waals surface area contributed by atoms with Gasteiger partial charge in [0.1, 0.15) is 0 Å². The molecule has 0 saturated carbocycles. The number of hydrogen-bond donors (Lipinski definition) is 1. The van der Waals surface area contributed by atoms with E-state index in [4.69, 9.17) is 4.74 Å². The zero-order valence-corrected chi connectivity index (χ0v) is 16.9. The van der Waals surface area contributed by atoms with Crippen LogP contribution in [-0.2, 0) is 19.4 Å². The molecule has 1 aliphatic rings. The Morgan fingerprint density at radius 1 is 1.31 bits per heavy atom. The summed E-state index contributed by atoms with van der Waals surface area (Å²) in [5.74, 6) is -0.873. The van der Waals surface area contributed by atoms with Gasteiger partial charge in [-0.05, 0) is 39.7 Å². The van der Waals surface area contributed by atoms with E-state index in [1.807, 2.05) is 0 Å². The molecule has 7 nitrogen and oxygen atoms in total. The number of thioether (sulfide) groups is 1. The molecule has 0 bridgehead atoms. The van der Waals surface area contributed by atoms with Crippen LogP contribution in [-0.4, -0.2) is 59.6 Å². The van der Waals surface area contributed by atoms with Gasteiger partial charge in [-0.3, -0.25) is 14.4 Å². The number of hydrogen-bond acceptors (Lipinski definition) is 7. The molecular formula is C17H23NO6S2. The minimum atomic E-state index is -2.99. The van der Waals surface area contributed by atoms with Gasteiger partial charge in [-0.25, -0.2) is 8.42 Å². The third-order valence-corrected chi connectivity index (χ3v) is 7.60. The normalized spacial score (nSPS) is 19.9. The second-order valence-corrected chi connectivity index (χ2v) is 10.0. The average Bonchev–Trinajstić information content (AvgIpc) is 3.03. The summed E-state index contributed by atoms with van der Waals surface area (Å²) in [4.78, 5) is 39.1. The number of rotatable bonds is 7. The zero-order valence-electron chi connectivity index (χ0n) is 15.2. The van der Waals surface area contributed by atoms with Crippen molar-refractivity contribution in [2.75, 3.05) is 17.3 Å². The fourth-order valence-electron chi connectivity index (χ4n) is 3.09. The van der Waals surface area contributed by atoms with E-state index in [1.165, 1.54) is 25.6 Å². The fraction of sp³-hybridized carbons (Fsp3) is 0.588.